The smallest absolute Gasteiger partial charge is 0.307 e. The summed E-state index contributed by atoms with van der Waals surface area (Å²) in [5.74, 6) is 1.39. The van der Waals surface area contributed by atoms with Crippen LogP contribution >= 0.6 is 0 Å². The molecular formula is C15H29NO2. The van der Waals surface area contributed by atoms with Gasteiger partial charge in [0.2, 0.25) is 0 Å². The number of esters is 1. The fraction of sp³-hybridized carbons (Fsp3) is 0.933. The molecule has 106 valence electrons. The Hall–Kier alpha value is -0.570. The van der Waals surface area contributed by atoms with E-state index in [1.54, 1.807) is 0 Å². The molecule has 1 rings (SSSR count). The first-order chi connectivity index (χ1) is 8.29. The Morgan fingerprint density at radius 3 is 2.56 bits per heavy atom. The monoisotopic (exact) mass is 255 g/mol. The summed E-state index contributed by atoms with van der Waals surface area (Å²) in [6.07, 6.45) is 4.34. The van der Waals surface area contributed by atoms with Crippen LogP contribution in [0.25, 0.3) is 0 Å². The number of hydrogen-bond acceptors (Lipinski definition) is 3. The maximum Gasteiger partial charge on any atom is 0.307 e. The Labute approximate surface area is 112 Å². The van der Waals surface area contributed by atoms with Crippen LogP contribution in [-0.4, -0.2) is 24.2 Å². The van der Waals surface area contributed by atoms with Crippen molar-refractivity contribution < 1.29 is 9.53 Å². The minimum Gasteiger partial charge on any atom is -0.460 e. The van der Waals surface area contributed by atoms with Crippen molar-refractivity contribution in [1.82, 2.24) is 5.32 Å². The summed E-state index contributed by atoms with van der Waals surface area (Å²) >= 11 is 0. The number of ether oxygens (including phenoxy) is 1. The molecular weight excluding hydrogens is 226 g/mol. The number of carbonyl (C=O) groups excluding carboxylic acids is 1. The Bertz CT molecular complexity index is 270. The molecule has 0 aromatic heterocycles. The predicted molar refractivity (Wildman–Crippen MR) is 74.4 cm³/mol. The number of hydrogen-bond donors (Lipinski definition) is 1. The highest BCUT2D eigenvalue weighted by Crippen LogP contribution is 2.29. The van der Waals surface area contributed by atoms with Crippen molar-refractivity contribution in [3.05, 3.63) is 0 Å². The van der Waals surface area contributed by atoms with E-state index in [0.29, 0.717) is 18.4 Å². The van der Waals surface area contributed by atoms with Gasteiger partial charge in [0.05, 0.1) is 6.42 Å². The van der Waals surface area contributed by atoms with Gasteiger partial charge in [-0.25, -0.2) is 0 Å². The highest BCUT2D eigenvalue weighted by molar-refractivity contribution is 5.70. The van der Waals surface area contributed by atoms with E-state index in [0.717, 1.165) is 12.5 Å². The van der Waals surface area contributed by atoms with Crippen LogP contribution in [0.5, 0.6) is 0 Å². The molecule has 0 heterocycles. The zero-order chi connectivity index (χ0) is 13.8. The maximum atomic E-state index is 11.6. The minimum atomic E-state index is -0.371. The van der Waals surface area contributed by atoms with Crippen LogP contribution in [-0.2, 0) is 9.53 Å². The third kappa shape index (κ3) is 5.38. The van der Waals surface area contributed by atoms with Gasteiger partial charge in [0.15, 0.2) is 0 Å². The molecule has 0 aromatic rings. The number of rotatable bonds is 4. The molecule has 1 N–H and O–H groups in total. The molecule has 0 bridgehead atoms. The van der Waals surface area contributed by atoms with Gasteiger partial charge in [-0.1, -0.05) is 26.7 Å². The van der Waals surface area contributed by atoms with E-state index in [9.17, 15) is 4.79 Å². The van der Waals surface area contributed by atoms with E-state index in [4.69, 9.17) is 4.74 Å². The molecule has 3 unspecified atom stereocenters. The first kappa shape index (κ1) is 15.5. The molecule has 0 aromatic carbocycles. The Morgan fingerprint density at radius 2 is 1.94 bits per heavy atom. The Morgan fingerprint density at radius 1 is 1.28 bits per heavy atom. The van der Waals surface area contributed by atoms with Gasteiger partial charge in [-0.15, -0.1) is 0 Å². The quantitative estimate of drug-likeness (QED) is 0.784. The van der Waals surface area contributed by atoms with Crippen molar-refractivity contribution in [2.75, 3.05) is 6.54 Å². The molecule has 3 atom stereocenters. The fourth-order valence-corrected chi connectivity index (χ4v) is 2.62. The zero-order valence-corrected chi connectivity index (χ0v) is 12.6. The van der Waals surface area contributed by atoms with Gasteiger partial charge >= 0.3 is 5.97 Å². The van der Waals surface area contributed by atoms with E-state index >= 15 is 0 Å². The van der Waals surface area contributed by atoms with Gasteiger partial charge in [-0.05, 0) is 39.0 Å². The van der Waals surface area contributed by atoms with Crippen molar-refractivity contribution in [3.8, 4) is 0 Å². The minimum absolute atomic E-state index is 0.105. The van der Waals surface area contributed by atoms with Gasteiger partial charge in [0, 0.05) is 12.6 Å². The Balaban J connectivity index is 2.23. The average molecular weight is 255 g/mol. The average Bonchev–Trinajstić information content (AvgIpc) is 2.21. The maximum absolute atomic E-state index is 11.6. The summed E-state index contributed by atoms with van der Waals surface area (Å²) in [6, 6.07) is 0.566. The summed E-state index contributed by atoms with van der Waals surface area (Å²) in [7, 11) is 0. The first-order valence-corrected chi connectivity index (χ1v) is 7.25. The molecule has 0 radical (unpaired) electrons. The van der Waals surface area contributed by atoms with Gasteiger partial charge in [-0.3, -0.25) is 4.79 Å². The SMILES string of the molecule is CC1CCCC(NCCC(=O)OC(C)(C)C)C1C. The van der Waals surface area contributed by atoms with Crippen molar-refractivity contribution in [2.45, 2.75) is 71.9 Å². The topological polar surface area (TPSA) is 38.3 Å². The molecule has 1 aliphatic carbocycles. The fourth-order valence-electron chi connectivity index (χ4n) is 2.62. The highest BCUT2D eigenvalue weighted by atomic mass is 16.6. The van der Waals surface area contributed by atoms with E-state index in [1.807, 2.05) is 20.8 Å². The second-order valence-electron chi connectivity index (χ2n) is 6.66. The summed E-state index contributed by atoms with van der Waals surface area (Å²) < 4.78 is 5.30. The van der Waals surface area contributed by atoms with Crippen molar-refractivity contribution in [2.24, 2.45) is 11.8 Å². The summed E-state index contributed by atoms with van der Waals surface area (Å²) in [4.78, 5) is 11.6. The molecule has 1 saturated carbocycles. The van der Waals surface area contributed by atoms with Crippen LogP contribution in [0.1, 0.15) is 60.3 Å². The number of carbonyl (C=O) groups is 1. The third-order valence-corrected chi connectivity index (χ3v) is 3.86. The van der Waals surface area contributed by atoms with Crippen LogP contribution in [0.15, 0.2) is 0 Å². The van der Waals surface area contributed by atoms with Crippen LogP contribution in [0.3, 0.4) is 0 Å². The summed E-state index contributed by atoms with van der Waals surface area (Å²) in [5, 5.41) is 3.52. The van der Waals surface area contributed by atoms with Crippen molar-refractivity contribution in [3.63, 3.8) is 0 Å². The van der Waals surface area contributed by atoms with Crippen LogP contribution in [0, 0.1) is 11.8 Å². The molecule has 3 heteroatoms. The molecule has 1 aliphatic rings. The van der Waals surface area contributed by atoms with Crippen LogP contribution in [0.4, 0.5) is 0 Å². The molecule has 0 saturated heterocycles. The zero-order valence-electron chi connectivity index (χ0n) is 12.6. The predicted octanol–water partition coefficient (Wildman–Crippen LogP) is 3.13. The second-order valence-corrected chi connectivity index (χ2v) is 6.66. The van der Waals surface area contributed by atoms with E-state index in [2.05, 4.69) is 19.2 Å². The lowest BCUT2D eigenvalue weighted by molar-refractivity contribution is -0.154. The third-order valence-electron chi connectivity index (χ3n) is 3.86. The van der Waals surface area contributed by atoms with Gasteiger partial charge in [-0.2, -0.15) is 0 Å². The molecule has 0 aliphatic heterocycles. The second kappa shape index (κ2) is 6.55. The van der Waals surface area contributed by atoms with Crippen molar-refractivity contribution in [1.29, 1.82) is 0 Å². The molecule has 0 spiro atoms. The summed E-state index contributed by atoms with van der Waals surface area (Å²) in [6.45, 7) is 11.1. The highest BCUT2D eigenvalue weighted by Gasteiger charge is 2.26. The van der Waals surface area contributed by atoms with Gasteiger partial charge < -0.3 is 10.1 Å². The largest absolute Gasteiger partial charge is 0.460 e. The van der Waals surface area contributed by atoms with Crippen molar-refractivity contribution >= 4 is 5.97 Å². The standard InChI is InChI=1S/C15H29NO2/c1-11-7-6-8-13(12(11)2)16-10-9-14(17)18-15(3,4)5/h11-13,16H,6-10H2,1-5H3. The van der Waals surface area contributed by atoms with Gasteiger partial charge in [0.1, 0.15) is 5.60 Å². The number of nitrogens with one attached hydrogen (secondary N) is 1. The normalized spacial score (nSPS) is 29.1. The van der Waals surface area contributed by atoms with E-state index < -0.39 is 0 Å². The molecule has 3 nitrogen and oxygen atoms in total. The lowest BCUT2D eigenvalue weighted by atomic mass is 9.78. The van der Waals surface area contributed by atoms with E-state index in [1.165, 1.54) is 19.3 Å². The molecule has 0 amide bonds. The lowest BCUT2D eigenvalue weighted by Gasteiger charge is -2.34. The van der Waals surface area contributed by atoms with Gasteiger partial charge in [0.25, 0.3) is 0 Å². The molecule has 1 fully saturated rings. The first-order valence-electron chi connectivity index (χ1n) is 7.25. The Kier molecular flexibility index (Phi) is 5.64. The van der Waals surface area contributed by atoms with Crippen LogP contribution in [0.2, 0.25) is 0 Å². The summed E-state index contributed by atoms with van der Waals surface area (Å²) in [5.41, 5.74) is -0.371. The lowest BCUT2D eigenvalue weighted by Crippen LogP contribution is -2.41. The molecule has 18 heavy (non-hydrogen) atoms. The van der Waals surface area contributed by atoms with E-state index in [-0.39, 0.29) is 11.6 Å². The van der Waals surface area contributed by atoms with Crippen LogP contribution < -0.4 is 5.32 Å².